The SMILES string of the molecule is COc1ccc(Cn2cnc3c(Nc4c(C)cc(C(C)(C)C)cc4C)nc(Cl)nc32)cc1. The summed E-state index contributed by atoms with van der Waals surface area (Å²) >= 11 is 6.31. The Bertz CT molecular complexity index is 1250. The first-order valence-electron chi connectivity index (χ1n) is 10.6. The predicted octanol–water partition coefficient (Wildman–Crippen LogP) is 6.19. The van der Waals surface area contributed by atoms with Crippen molar-refractivity contribution in [2.75, 3.05) is 12.4 Å². The van der Waals surface area contributed by atoms with Crippen molar-refractivity contribution in [3.63, 3.8) is 0 Å². The Labute approximate surface area is 193 Å². The molecule has 2 heterocycles. The van der Waals surface area contributed by atoms with E-state index in [1.165, 1.54) is 5.56 Å². The molecule has 0 amide bonds. The first kappa shape index (κ1) is 22.1. The summed E-state index contributed by atoms with van der Waals surface area (Å²) in [5.74, 6) is 1.42. The minimum Gasteiger partial charge on any atom is -0.497 e. The molecule has 0 spiro atoms. The highest BCUT2D eigenvalue weighted by Crippen LogP contribution is 2.32. The Balaban J connectivity index is 1.70. The average molecular weight is 450 g/mol. The van der Waals surface area contributed by atoms with Gasteiger partial charge in [0.2, 0.25) is 5.28 Å². The standard InChI is InChI=1S/C25H28ClN5O/c1-15-11-18(25(3,4)5)12-16(2)20(15)28-22-21-23(30-24(26)29-22)31(14-27-21)13-17-7-9-19(32-6)10-8-17/h7-12,14H,13H2,1-6H3,(H,28,29,30). The van der Waals surface area contributed by atoms with Gasteiger partial charge in [-0.2, -0.15) is 9.97 Å². The molecule has 0 fully saturated rings. The van der Waals surface area contributed by atoms with Crippen molar-refractivity contribution < 1.29 is 4.74 Å². The minimum absolute atomic E-state index is 0.0831. The Morgan fingerprint density at radius 3 is 2.28 bits per heavy atom. The highest BCUT2D eigenvalue weighted by molar-refractivity contribution is 6.28. The highest BCUT2D eigenvalue weighted by atomic mass is 35.5. The van der Waals surface area contributed by atoms with Gasteiger partial charge >= 0.3 is 0 Å². The largest absolute Gasteiger partial charge is 0.497 e. The van der Waals surface area contributed by atoms with E-state index < -0.39 is 0 Å². The molecule has 4 aromatic rings. The quantitative estimate of drug-likeness (QED) is 0.368. The Morgan fingerprint density at radius 1 is 1.03 bits per heavy atom. The summed E-state index contributed by atoms with van der Waals surface area (Å²) in [6.45, 7) is 11.5. The van der Waals surface area contributed by atoms with Crippen LogP contribution in [0.3, 0.4) is 0 Å². The third-order valence-corrected chi connectivity index (χ3v) is 5.76. The third kappa shape index (κ3) is 4.41. The van der Waals surface area contributed by atoms with Gasteiger partial charge in [-0.3, -0.25) is 0 Å². The molecule has 32 heavy (non-hydrogen) atoms. The van der Waals surface area contributed by atoms with Crippen LogP contribution in [0.2, 0.25) is 5.28 Å². The number of benzene rings is 2. The molecule has 2 aromatic heterocycles. The van der Waals surface area contributed by atoms with Gasteiger partial charge in [0.15, 0.2) is 17.0 Å². The third-order valence-electron chi connectivity index (χ3n) is 5.59. The second-order valence-electron chi connectivity index (χ2n) is 9.09. The number of methoxy groups -OCH3 is 1. The zero-order valence-corrected chi connectivity index (χ0v) is 20.1. The number of nitrogens with one attached hydrogen (secondary N) is 1. The number of rotatable bonds is 5. The molecule has 0 unspecified atom stereocenters. The number of aryl methyl sites for hydroxylation is 2. The molecule has 0 aliphatic carbocycles. The van der Waals surface area contributed by atoms with Gasteiger partial charge in [0.1, 0.15) is 5.75 Å². The fourth-order valence-corrected chi connectivity index (χ4v) is 3.92. The molecular weight excluding hydrogens is 422 g/mol. The topological polar surface area (TPSA) is 64.9 Å². The van der Waals surface area contributed by atoms with Crippen LogP contribution in [-0.4, -0.2) is 26.6 Å². The fourth-order valence-electron chi connectivity index (χ4n) is 3.76. The Morgan fingerprint density at radius 2 is 1.69 bits per heavy atom. The van der Waals surface area contributed by atoms with E-state index >= 15 is 0 Å². The van der Waals surface area contributed by atoms with Crippen LogP contribution in [-0.2, 0) is 12.0 Å². The fraction of sp³-hybridized carbons (Fsp3) is 0.320. The first-order valence-corrected chi connectivity index (χ1v) is 10.9. The Hall–Kier alpha value is -3.12. The van der Waals surface area contributed by atoms with Crippen LogP contribution >= 0.6 is 11.6 Å². The van der Waals surface area contributed by atoms with Crippen LogP contribution in [0.25, 0.3) is 11.2 Å². The number of halogens is 1. The van der Waals surface area contributed by atoms with Gasteiger partial charge < -0.3 is 14.6 Å². The van der Waals surface area contributed by atoms with Gasteiger partial charge in [-0.05, 0) is 65.2 Å². The van der Waals surface area contributed by atoms with Crippen molar-refractivity contribution in [3.05, 3.63) is 70.3 Å². The minimum atomic E-state index is 0.0831. The van der Waals surface area contributed by atoms with Crippen molar-refractivity contribution in [1.29, 1.82) is 0 Å². The second kappa shape index (κ2) is 8.43. The Kier molecular flexibility index (Phi) is 5.82. The zero-order valence-electron chi connectivity index (χ0n) is 19.3. The molecule has 6 nitrogen and oxygen atoms in total. The molecular formula is C25H28ClN5O. The van der Waals surface area contributed by atoms with Crippen molar-refractivity contribution >= 4 is 34.3 Å². The van der Waals surface area contributed by atoms with E-state index in [1.54, 1.807) is 13.4 Å². The summed E-state index contributed by atoms with van der Waals surface area (Å²) in [6.07, 6.45) is 1.77. The van der Waals surface area contributed by atoms with Gasteiger partial charge in [-0.25, -0.2) is 4.98 Å². The van der Waals surface area contributed by atoms with E-state index in [1.807, 2.05) is 28.8 Å². The number of aromatic nitrogens is 4. The summed E-state index contributed by atoms with van der Waals surface area (Å²) in [7, 11) is 1.66. The molecule has 0 bridgehead atoms. The average Bonchev–Trinajstić information content (AvgIpc) is 3.13. The molecule has 1 N–H and O–H groups in total. The van der Waals surface area contributed by atoms with E-state index in [4.69, 9.17) is 16.3 Å². The lowest BCUT2D eigenvalue weighted by Gasteiger charge is -2.22. The molecule has 0 saturated carbocycles. The van der Waals surface area contributed by atoms with Crippen LogP contribution in [0.1, 0.15) is 43.0 Å². The van der Waals surface area contributed by atoms with E-state index in [0.29, 0.717) is 23.5 Å². The molecule has 0 radical (unpaired) electrons. The van der Waals surface area contributed by atoms with Crippen LogP contribution in [0.4, 0.5) is 11.5 Å². The lowest BCUT2D eigenvalue weighted by molar-refractivity contribution is 0.414. The smallest absolute Gasteiger partial charge is 0.226 e. The summed E-state index contributed by atoms with van der Waals surface area (Å²) in [5, 5.41) is 3.65. The summed E-state index contributed by atoms with van der Waals surface area (Å²) in [4.78, 5) is 13.5. The van der Waals surface area contributed by atoms with Gasteiger partial charge in [0.25, 0.3) is 0 Å². The van der Waals surface area contributed by atoms with Gasteiger partial charge in [-0.1, -0.05) is 45.0 Å². The number of imidazole rings is 1. The summed E-state index contributed by atoms with van der Waals surface area (Å²) < 4.78 is 7.21. The van der Waals surface area contributed by atoms with E-state index in [-0.39, 0.29) is 10.7 Å². The maximum atomic E-state index is 6.31. The molecule has 7 heteroatoms. The van der Waals surface area contributed by atoms with Crippen LogP contribution < -0.4 is 10.1 Å². The number of ether oxygens (including phenoxy) is 1. The molecule has 0 aliphatic rings. The van der Waals surface area contributed by atoms with Crippen molar-refractivity contribution in [1.82, 2.24) is 19.5 Å². The first-order chi connectivity index (χ1) is 15.2. The second-order valence-corrected chi connectivity index (χ2v) is 9.43. The normalized spacial score (nSPS) is 11.7. The summed E-state index contributed by atoms with van der Waals surface area (Å²) in [6, 6.07) is 12.4. The van der Waals surface area contributed by atoms with Crippen LogP contribution in [0.5, 0.6) is 5.75 Å². The number of anilines is 2. The lowest BCUT2D eigenvalue weighted by atomic mass is 9.85. The molecule has 4 rings (SSSR count). The maximum absolute atomic E-state index is 6.31. The highest BCUT2D eigenvalue weighted by Gasteiger charge is 2.18. The van der Waals surface area contributed by atoms with Crippen molar-refractivity contribution in [3.8, 4) is 5.75 Å². The molecule has 166 valence electrons. The maximum Gasteiger partial charge on any atom is 0.226 e. The van der Waals surface area contributed by atoms with Crippen molar-refractivity contribution in [2.24, 2.45) is 0 Å². The summed E-state index contributed by atoms with van der Waals surface area (Å²) in [5.41, 5.74) is 7.17. The molecule has 0 atom stereocenters. The number of hydrogen-bond donors (Lipinski definition) is 1. The number of fused-ring (bicyclic) bond motifs is 1. The predicted molar refractivity (Wildman–Crippen MR) is 130 cm³/mol. The van der Waals surface area contributed by atoms with E-state index in [9.17, 15) is 0 Å². The van der Waals surface area contributed by atoms with Gasteiger partial charge in [0.05, 0.1) is 20.0 Å². The van der Waals surface area contributed by atoms with Crippen LogP contribution in [0.15, 0.2) is 42.7 Å². The lowest BCUT2D eigenvalue weighted by Crippen LogP contribution is -2.12. The monoisotopic (exact) mass is 449 g/mol. The number of nitrogens with zero attached hydrogens (tertiary/aromatic N) is 4. The van der Waals surface area contributed by atoms with Crippen LogP contribution in [0, 0.1) is 13.8 Å². The van der Waals surface area contributed by atoms with Crippen molar-refractivity contribution in [2.45, 2.75) is 46.6 Å². The molecule has 0 aliphatic heterocycles. The molecule has 2 aromatic carbocycles. The zero-order chi connectivity index (χ0) is 23.0. The van der Waals surface area contributed by atoms with E-state index in [0.717, 1.165) is 28.1 Å². The van der Waals surface area contributed by atoms with Gasteiger partial charge in [-0.15, -0.1) is 0 Å². The number of hydrogen-bond acceptors (Lipinski definition) is 5. The van der Waals surface area contributed by atoms with Gasteiger partial charge in [0, 0.05) is 5.69 Å². The van der Waals surface area contributed by atoms with E-state index in [2.05, 4.69) is 67.0 Å². The molecule has 0 saturated heterocycles.